The number of rotatable bonds is 7. The Hall–Kier alpha value is -2.57. The van der Waals surface area contributed by atoms with E-state index in [2.05, 4.69) is 10.1 Å². The van der Waals surface area contributed by atoms with E-state index in [9.17, 15) is 4.79 Å². The Labute approximate surface area is 166 Å². The molecule has 0 aliphatic carbocycles. The van der Waals surface area contributed by atoms with Crippen LogP contribution in [0, 0.1) is 0 Å². The lowest BCUT2D eigenvalue weighted by atomic mass is 10.2. The molecule has 0 aliphatic heterocycles. The highest BCUT2D eigenvalue weighted by atomic mass is 35.5. The minimum atomic E-state index is -0.219. The predicted molar refractivity (Wildman–Crippen MR) is 103 cm³/mol. The number of amides is 1. The molecule has 3 aromatic rings. The number of ether oxygens (including phenoxy) is 1. The van der Waals surface area contributed by atoms with Crippen LogP contribution in [0.5, 0.6) is 5.75 Å². The van der Waals surface area contributed by atoms with Gasteiger partial charge in [0, 0.05) is 17.1 Å². The Balaban J connectivity index is 1.61. The molecule has 8 heteroatoms. The Kier molecular flexibility index (Phi) is 6.32. The lowest BCUT2D eigenvalue weighted by Gasteiger charge is -2.19. The van der Waals surface area contributed by atoms with Gasteiger partial charge in [0.2, 0.25) is 11.7 Å². The summed E-state index contributed by atoms with van der Waals surface area (Å²) in [7, 11) is 0. The molecule has 0 fully saturated rings. The highest BCUT2D eigenvalue weighted by Crippen LogP contribution is 2.27. The molecule has 2 aromatic carbocycles. The first-order valence-corrected chi connectivity index (χ1v) is 9.06. The number of carbonyl (C=O) groups is 1. The molecule has 0 unspecified atom stereocenters. The molecule has 0 bridgehead atoms. The lowest BCUT2D eigenvalue weighted by Crippen LogP contribution is -2.34. The minimum Gasteiger partial charge on any atom is -0.482 e. The third-order valence-corrected chi connectivity index (χ3v) is 4.34. The van der Waals surface area contributed by atoms with E-state index in [0.29, 0.717) is 34.1 Å². The smallest absolute Gasteiger partial charge is 0.260 e. The first kappa shape index (κ1) is 19.2. The molecule has 27 heavy (non-hydrogen) atoms. The van der Waals surface area contributed by atoms with Crippen LogP contribution in [0.25, 0.3) is 11.4 Å². The molecule has 0 radical (unpaired) electrons. The molecule has 1 heterocycles. The quantitative estimate of drug-likeness (QED) is 0.579. The van der Waals surface area contributed by atoms with Gasteiger partial charge in [-0.2, -0.15) is 4.98 Å². The number of benzene rings is 2. The van der Waals surface area contributed by atoms with Crippen molar-refractivity contribution < 1.29 is 14.1 Å². The Morgan fingerprint density at radius 1 is 1.19 bits per heavy atom. The van der Waals surface area contributed by atoms with Gasteiger partial charge in [-0.05, 0) is 25.1 Å². The molecule has 1 aromatic heterocycles. The molecule has 0 saturated carbocycles. The van der Waals surface area contributed by atoms with Gasteiger partial charge in [-0.1, -0.05) is 58.7 Å². The van der Waals surface area contributed by atoms with E-state index in [1.54, 1.807) is 23.1 Å². The van der Waals surface area contributed by atoms with E-state index in [1.165, 1.54) is 0 Å². The number of likely N-dealkylation sites (N-methyl/N-ethyl adjacent to an activating group) is 1. The normalized spacial score (nSPS) is 10.6. The Bertz CT molecular complexity index is 916. The predicted octanol–water partition coefficient (Wildman–Crippen LogP) is 4.47. The summed E-state index contributed by atoms with van der Waals surface area (Å²) >= 11 is 11.9. The van der Waals surface area contributed by atoms with Crippen molar-refractivity contribution in [1.29, 1.82) is 0 Å². The van der Waals surface area contributed by atoms with E-state index < -0.39 is 0 Å². The number of carbonyl (C=O) groups excluding carboxylic acids is 1. The first-order chi connectivity index (χ1) is 13.1. The van der Waals surface area contributed by atoms with Crippen LogP contribution in [0.3, 0.4) is 0 Å². The summed E-state index contributed by atoms with van der Waals surface area (Å²) in [5.41, 5.74) is 0.850. The fourth-order valence-corrected chi connectivity index (χ4v) is 2.85. The standard InChI is InChI=1S/C19H17Cl2N3O3/c1-2-24(18(25)12-26-16-9-8-14(20)10-15(16)21)11-17-22-19(23-27-17)13-6-4-3-5-7-13/h3-10H,2,11-12H2,1H3. The van der Waals surface area contributed by atoms with Gasteiger partial charge in [0.15, 0.2) is 6.61 Å². The lowest BCUT2D eigenvalue weighted by molar-refractivity contribution is -0.134. The second-order valence-corrected chi connectivity index (χ2v) is 6.49. The highest BCUT2D eigenvalue weighted by molar-refractivity contribution is 6.35. The maximum atomic E-state index is 12.4. The number of aromatic nitrogens is 2. The molecule has 140 valence electrons. The highest BCUT2D eigenvalue weighted by Gasteiger charge is 2.18. The summed E-state index contributed by atoms with van der Waals surface area (Å²) in [5.74, 6) is 1.02. The summed E-state index contributed by atoms with van der Waals surface area (Å²) < 4.78 is 10.8. The van der Waals surface area contributed by atoms with Crippen LogP contribution in [0.15, 0.2) is 53.1 Å². The molecular weight excluding hydrogens is 389 g/mol. The summed E-state index contributed by atoms with van der Waals surface area (Å²) in [5, 5.41) is 4.81. The van der Waals surface area contributed by atoms with Gasteiger partial charge >= 0.3 is 0 Å². The van der Waals surface area contributed by atoms with Crippen molar-refractivity contribution in [2.75, 3.05) is 13.2 Å². The SMILES string of the molecule is CCN(Cc1nc(-c2ccccc2)no1)C(=O)COc1ccc(Cl)cc1Cl. The fourth-order valence-electron chi connectivity index (χ4n) is 2.39. The van der Waals surface area contributed by atoms with Crippen molar-refractivity contribution >= 4 is 29.1 Å². The van der Waals surface area contributed by atoms with Crippen molar-refractivity contribution in [2.45, 2.75) is 13.5 Å². The number of nitrogens with zero attached hydrogens (tertiary/aromatic N) is 3. The van der Waals surface area contributed by atoms with Crippen LogP contribution in [0.1, 0.15) is 12.8 Å². The molecule has 1 amide bonds. The van der Waals surface area contributed by atoms with E-state index in [1.807, 2.05) is 37.3 Å². The van der Waals surface area contributed by atoms with Gasteiger partial charge in [0.1, 0.15) is 12.3 Å². The average Bonchev–Trinajstić information content (AvgIpc) is 3.14. The third-order valence-electron chi connectivity index (χ3n) is 3.81. The number of hydrogen-bond acceptors (Lipinski definition) is 5. The minimum absolute atomic E-state index is 0.158. The van der Waals surface area contributed by atoms with Crippen molar-refractivity contribution in [1.82, 2.24) is 15.0 Å². The van der Waals surface area contributed by atoms with Gasteiger partial charge in [0.05, 0.1) is 5.02 Å². The molecule has 0 spiro atoms. The fraction of sp³-hybridized carbons (Fsp3) is 0.211. The van der Waals surface area contributed by atoms with Crippen molar-refractivity contribution in [2.24, 2.45) is 0 Å². The second-order valence-electron chi connectivity index (χ2n) is 5.65. The summed E-state index contributed by atoms with van der Waals surface area (Å²) in [6, 6.07) is 14.3. The van der Waals surface area contributed by atoms with Crippen molar-refractivity contribution in [3.8, 4) is 17.1 Å². The molecule has 6 nitrogen and oxygen atoms in total. The van der Waals surface area contributed by atoms with E-state index >= 15 is 0 Å². The van der Waals surface area contributed by atoms with Crippen LogP contribution >= 0.6 is 23.2 Å². The van der Waals surface area contributed by atoms with Gasteiger partial charge < -0.3 is 14.2 Å². The molecule has 0 atom stereocenters. The van der Waals surface area contributed by atoms with E-state index in [0.717, 1.165) is 5.56 Å². The van der Waals surface area contributed by atoms with Crippen LogP contribution in [-0.2, 0) is 11.3 Å². The van der Waals surface area contributed by atoms with Gasteiger partial charge in [-0.25, -0.2) is 0 Å². The third kappa shape index (κ3) is 4.99. The van der Waals surface area contributed by atoms with Gasteiger partial charge in [-0.3, -0.25) is 4.79 Å². The van der Waals surface area contributed by atoms with Crippen molar-refractivity contribution in [3.63, 3.8) is 0 Å². The first-order valence-electron chi connectivity index (χ1n) is 8.30. The second kappa shape index (κ2) is 8.88. The van der Waals surface area contributed by atoms with Crippen LogP contribution in [0.2, 0.25) is 10.0 Å². The zero-order valence-electron chi connectivity index (χ0n) is 14.6. The molecule has 0 saturated heterocycles. The maximum Gasteiger partial charge on any atom is 0.260 e. The van der Waals surface area contributed by atoms with Crippen molar-refractivity contribution in [3.05, 3.63) is 64.5 Å². The molecule has 0 aliphatic rings. The number of halogens is 2. The summed E-state index contributed by atoms with van der Waals surface area (Å²) in [4.78, 5) is 18.4. The van der Waals surface area contributed by atoms with Gasteiger partial charge in [0.25, 0.3) is 5.91 Å². The van der Waals surface area contributed by atoms with Crippen LogP contribution < -0.4 is 4.74 Å². The topological polar surface area (TPSA) is 68.5 Å². The maximum absolute atomic E-state index is 12.4. The summed E-state index contributed by atoms with van der Waals surface area (Å²) in [6.07, 6.45) is 0. The Morgan fingerprint density at radius 3 is 2.67 bits per heavy atom. The zero-order valence-corrected chi connectivity index (χ0v) is 16.1. The van der Waals surface area contributed by atoms with Crippen LogP contribution in [0.4, 0.5) is 0 Å². The van der Waals surface area contributed by atoms with Crippen LogP contribution in [-0.4, -0.2) is 34.1 Å². The van der Waals surface area contributed by atoms with Gasteiger partial charge in [-0.15, -0.1) is 0 Å². The average molecular weight is 406 g/mol. The zero-order chi connectivity index (χ0) is 19.2. The monoisotopic (exact) mass is 405 g/mol. The van der Waals surface area contributed by atoms with E-state index in [-0.39, 0.29) is 19.1 Å². The molecule has 3 rings (SSSR count). The van der Waals surface area contributed by atoms with E-state index in [4.69, 9.17) is 32.5 Å². The molecule has 0 N–H and O–H groups in total. The Morgan fingerprint density at radius 2 is 1.96 bits per heavy atom. The largest absolute Gasteiger partial charge is 0.482 e. The number of hydrogen-bond donors (Lipinski definition) is 0. The summed E-state index contributed by atoms with van der Waals surface area (Å²) in [6.45, 7) is 2.38. The molecular formula is C19H17Cl2N3O3.